The largest absolute Gasteiger partial charge is 0.383 e. The lowest BCUT2D eigenvalue weighted by atomic mass is 10.1. The van der Waals surface area contributed by atoms with Gasteiger partial charge in [-0.1, -0.05) is 19.0 Å². The van der Waals surface area contributed by atoms with Crippen molar-refractivity contribution >= 4 is 29.9 Å². The predicted octanol–water partition coefficient (Wildman–Crippen LogP) is 2.02. The predicted molar refractivity (Wildman–Crippen MR) is 118 cm³/mol. The number of hydrogen-bond donors (Lipinski definition) is 2. The van der Waals surface area contributed by atoms with Gasteiger partial charge in [-0.25, -0.2) is 0 Å². The van der Waals surface area contributed by atoms with E-state index in [-0.39, 0.29) is 29.9 Å². The van der Waals surface area contributed by atoms with E-state index in [0.29, 0.717) is 24.9 Å². The fourth-order valence-electron chi connectivity index (χ4n) is 2.90. The molecule has 27 heavy (non-hydrogen) atoms. The van der Waals surface area contributed by atoms with Gasteiger partial charge in [0.1, 0.15) is 0 Å². The fraction of sp³-hybridized carbons (Fsp3) is 0.833. The second-order valence-corrected chi connectivity index (χ2v) is 6.96. The van der Waals surface area contributed by atoms with Crippen LogP contribution in [0, 0.1) is 0 Å². The number of piperidine rings is 1. The van der Waals surface area contributed by atoms with E-state index in [9.17, 15) is 0 Å². The molecule has 0 atom stereocenters. The zero-order valence-electron chi connectivity index (χ0n) is 17.0. The Morgan fingerprint density at radius 1 is 1.37 bits per heavy atom. The molecule has 9 heteroatoms. The molecular weight excluding hydrogens is 459 g/mol. The third kappa shape index (κ3) is 8.73. The van der Waals surface area contributed by atoms with Gasteiger partial charge >= 0.3 is 0 Å². The number of aliphatic imine (C=N–C) groups is 1. The highest BCUT2D eigenvalue weighted by atomic mass is 127. The zero-order valence-corrected chi connectivity index (χ0v) is 19.4. The highest BCUT2D eigenvalue weighted by Gasteiger charge is 2.19. The number of hydrogen-bond acceptors (Lipinski definition) is 6. The van der Waals surface area contributed by atoms with Gasteiger partial charge in [0.05, 0.1) is 13.2 Å². The summed E-state index contributed by atoms with van der Waals surface area (Å²) in [6.45, 7) is 11.7. The van der Waals surface area contributed by atoms with Crippen molar-refractivity contribution in [1.82, 2.24) is 25.7 Å². The molecule has 8 nitrogen and oxygen atoms in total. The van der Waals surface area contributed by atoms with E-state index in [4.69, 9.17) is 9.26 Å². The SMILES string of the molecule is CCNC(=NCCc1nc(C(C)C)no1)NC1CCN(CCOC)CC1.I. The van der Waals surface area contributed by atoms with Gasteiger partial charge in [-0.3, -0.25) is 4.99 Å². The van der Waals surface area contributed by atoms with Gasteiger partial charge in [-0.2, -0.15) is 4.98 Å². The van der Waals surface area contributed by atoms with E-state index in [1.165, 1.54) is 0 Å². The summed E-state index contributed by atoms with van der Waals surface area (Å²) in [5, 5.41) is 10.9. The van der Waals surface area contributed by atoms with Crippen LogP contribution < -0.4 is 10.6 Å². The van der Waals surface area contributed by atoms with Crippen molar-refractivity contribution in [2.45, 2.75) is 52.0 Å². The van der Waals surface area contributed by atoms with Gasteiger partial charge in [0.15, 0.2) is 11.8 Å². The number of methoxy groups -OCH3 is 1. The van der Waals surface area contributed by atoms with Gasteiger partial charge in [0, 0.05) is 51.7 Å². The first-order chi connectivity index (χ1) is 12.6. The van der Waals surface area contributed by atoms with Crippen LogP contribution in [0.3, 0.4) is 0 Å². The minimum Gasteiger partial charge on any atom is -0.383 e. The highest BCUT2D eigenvalue weighted by molar-refractivity contribution is 14.0. The zero-order chi connectivity index (χ0) is 18.8. The molecule has 2 N–H and O–H groups in total. The molecule has 1 aromatic heterocycles. The number of likely N-dealkylation sites (tertiary alicyclic amines) is 1. The maximum atomic E-state index is 5.27. The Labute approximate surface area is 179 Å². The van der Waals surface area contributed by atoms with Crippen LogP contribution in [0.5, 0.6) is 0 Å². The second kappa shape index (κ2) is 13.3. The molecular formula is C18H35IN6O2. The van der Waals surface area contributed by atoms with Gasteiger partial charge in [0.25, 0.3) is 0 Å². The van der Waals surface area contributed by atoms with E-state index in [1.54, 1.807) is 7.11 Å². The Balaban J connectivity index is 0.00000364. The van der Waals surface area contributed by atoms with Crippen LogP contribution in [0.4, 0.5) is 0 Å². The minimum atomic E-state index is 0. The van der Waals surface area contributed by atoms with Gasteiger partial charge in [0.2, 0.25) is 5.89 Å². The summed E-state index contributed by atoms with van der Waals surface area (Å²) < 4.78 is 10.4. The number of nitrogens with zero attached hydrogens (tertiary/aromatic N) is 4. The quantitative estimate of drug-likeness (QED) is 0.309. The average Bonchev–Trinajstić information content (AvgIpc) is 3.10. The standard InChI is InChI=1S/C18H34N6O2.HI/c1-5-19-18(20-9-6-16-22-17(14(2)3)23-26-16)21-15-7-10-24(11-8-15)12-13-25-4;/h14-15H,5-13H2,1-4H3,(H2,19,20,21);1H. The van der Waals surface area contributed by atoms with Crippen molar-refractivity contribution < 1.29 is 9.26 Å². The molecule has 0 aliphatic carbocycles. The summed E-state index contributed by atoms with van der Waals surface area (Å²) in [5.74, 6) is 2.56. The molecule has 0 radical (unpaired) electrons. The molecule has 1 aliphatic heterocycles. The van der Waals surface area contributed by atoms with Crippen LogP contribution in [0.25, 0.3) is 0 Å². The third-order valence-corrected chi connectivity index (χ3v) is 4.48. The van der Waals surface area contributed by atoms with E-state index in [1.807, 2.05) is 0 Å². The molecule has 1 saturated heterocycles. The Hall–Kier alpha value is -0.940. The van der Waals surface area contributed by atoms with Crippen LogP contribution in [0.1, 0.15) is 51.2 Å². The summed E-state index contributed by atoms with van der Waals surface area (Å²) in [5.41, 5.74) is 0. The molecule has 1 aliphatic rings. The second-order valence-electron chi connectivity index (χ2n) is 6.96. The first kappa shape index (κ1) is 24.1. The lowest BCUT2D eigenvalue weighted by Gasteiger charge is -2.32. The van der Waals surface area contributed by atoms with Crippen LogP contribution in [0.2, 0.25) is 0 Å². The lowest BCUT2D eigenvalue weighted by Crippen LogP contribution is -2.49. The molecule has 2 heterocycles. The maximum Gasteiger partial charge on any atom is 0.228 e. The number of halogens is 1. The van der Waals surface area contributed by atoms with Crippen LogP contribution in [-0.4, -0.2) is 73.5 Å². The summed E-state index contributed by atoms with van der Waals surface area (Å²) in [4.78, 5) is 11.5. The van der Waals surface area contributed by atoms with E-state index >= 15 is 0 Å². The van der Waals surface area contributed by atoms with Crippen LogP contribution in [0.15, 0.2) is 9.52 Å². The van der Waals surface area contributed by atoms with Crippen molar-refractivity contribution in [2.24, 2.45) is 4.99 Å². The normalized spacial score (nSPS) is 16.4. The first-order valence-electron chi connectivity index (χ1n) is 9.71. The Kier molecular flexibility index (Phi) is 11.8. The Morgan fingerprint density at radius 3 is 2.70 bits per heavy atom. The van der Waals surface area contributed by atoms with E-state index in [0.717, 1.165) is 57.4 Å². The molecule has 0 amide bonds. The summed E-state index contributed by atoms with van der Waals surface area (Å²) in [6, 6.07) is 0.461. The molecule has 1 aromatic rings. The topological polar surface area (TPSA) is 87.8 Å². The number of nitrogens with one attached hydrogen (secondary N) is 2. The molecule has 156 valence electrons. The number of rotatable bonds is 9. The van der Waals surface area contributed by atoms with Gasteiger partial charge in [-0.15, -0.1) is 24.0 Å². The smallest absolute Gasteiger partial charge is 0.228 e. The minimum absolute atomic E-state index is 0. The van der Waals surface area contributed by atoms with Gasteiger partial charge < -0.3 is 24.8 Å². The number of guanidine groups is 1. The van der Waals surface area contributed by atoms with Crippen molar-refractivity contribution in [1.29, 1.82) is 0 Å². The molecule has 0 bridgehead atoms. The maximum absolute atomic E-state index is 5.27. The van der Waals surface area contributed by atoms with Crippen molar-refractivity contribution in [3.05, 3.63) is 11.7 Å². The first-order valence-corrected chi connectivity index (χ1v) is 9.71. The highest BCUT2D eigenvalue weighted by Crippen LogP contribution is 2.11. The monoisotopic (exact) mass is 494 g/mol. The molecule has 1 fully saturated rings. The summed E-state index contributed by atoms with van der Waals surface area (Å²) >= 11 is 0. The van der Waals surface area contributed by atoms with Crippen molar-refractivity contribution in [2.75, 3.05) is 46.4 Å². The molecule has 0 unspecified atom stereocenters. The fourth-order valence-corrected chi connectivity index (χ4v) is 2.90. The number of aromatic nitrogens is 2. The van der Waals surface area contributed by atoms with Crippen LogP contribution >= 0.6 is 24.0 Å². The number of ether oxygens (including phenoxy) is 1. The molecule has 0 saturated carbocycles. The summed E-state index contributed by atoms with van der Waals surface area (Å²) in [7, 11) is 1.76. The van der Waals surface area contributed by atoms with E-state index < -0.39 is 0 Å². The van der Waals surface area contributed by atoms with E-state index in [2.05, 4.69) is 51.4 Å². The Morgan fingerprint density at radius 2 is 2.11 bits per heavy atom. The Bertz CT molecular complexity index is 544. The average molecular weight is 494 g/mol. The molecule has 2 rings (SSSR count). The van der Waals surface area contributed by atoms with Gasteiger partial charge in [-0.05, 0) is 19.8 Å². The van der Waals surface area contributed by atoms with Crippen LogP contribution in [-0.2, 0) is 11.2 Å². The molecule has 0 spiro atoms. The van der Waals surface area contributed by atoms with Crippen molar-refractivity contribution in [3.8, 4) is 0 Å². The third-order valence-electron chi connectivity index (χ3n) is 4.48. The lowest BCUT2D eigenvalue weighted by molar-refractivity contribution is 0.128. The molecule has 0 aromatic carbocycles. The summed E-state index contributed by atoms with van der Waals surface area (Å²) in [6.07, 6.45) is 2.90. The van der Waals surface area contributed by atoms with Crippen molar-refractivity contribution in [3.63, 3.8) is 0 Å².